The standard InChI is InChI=1S/C22H25N3O4/c1-29-22(28)18-6-2-3-7-19(18)25-21(27)17-10-8-16(9-11-17)20(26)24-14-15-5-4-12-23-13-15/h2-7,12-13,16-17H,8-11,14H2,1H3,(H,24,26)(H,25,27). The van der Waals surface area contributed by atoms with Crippen LogP contribution in [-0.4, -0.2) is 29.9 Å². The number of nitrogens with zero attached hydrogens (tertiary/aromatic N) is 1. The molecule has 2 aromatic rings. The fourth-order valence-corrected chi connectivity index (χ4v) is 3.57. The molecule has 1 saturated carbocycles. The fraction of sp³-hybridized carbons (Fsp3) is 0.364. The van der Waals surface area contributed by atoms with E-state index in [1.54, 1.807) is 36.7 Å². The predicted molar refractivity (Wildman–Crippen MR) is 108 cm³/mol. The summed E-state index contributed by atoms with van der Waals surface area (Å²) in [5.74, 6) is -0.865. The lowest BCUT2D eigenvalue weighted by molar-refractivity contribution is -0.128. The zero-order valence-corrected chi connectivity index (χ0v) is 16.4. The number of amides is 2. The zero-order chi connectivity index (χ0) is 20.6. The monoisotopic (exact) mass is 395 g/mol. The second-order valence-electron chi connectivity index (χ2n) is 7.15. The molecule has 29 heavy (non-hydrogen) atoms. The van der Waals surface area contributed by atoms with Gasteiger partial charge in [0.1, 0.15) is 0 Å². The van der Waals surface area contributed by atoms with E-state index in [-0.39, 0.29) is 23.7 Å². The molecule has 1 aromatic carbocycles. The summed E-state index contributed by atoms with van der Waals surface area (Å²) in [5, 5.41) is 5.79. The lowest BCUT2D eigenvalue weighted by Gasteiger charge is -2.27. The number of carbonyl (C=O) groups is 3. The van der Waals surface area contributed by atoms with Gasteiger partial charge in [-0.15, -0.1) is 0 Å². The van der Waals surface area contributed by atoms with Crippen LogP contribution in [0.25, 0.3) is 0 Å². The van der Waals surface area contributed by atoms with Gasteiger partial charge in [-0.3, -0.25) is 14.6 Å². The second kappa shape index (κ2) is 9.82. The molecule has 7 heteroatoms. The van der Waals surface area contributed by atoms with Gasteiger partial charge >= 0.3 is 5.97 Å². The molecule has 1 heterocycles. The van der Waals surface area contributed by atoms with Crippen molar-refractivity contribution in [2.75, 3.05) is 12.4 Å². The van der Waals surface area contributed by atoms with Crippen LogP contribution < -0.4 is 10.6 Å². The molecule has 1 aromatic heterocycles. The summed E-state index contributed by atoms with van der Waals surface area (Å²) < 4.78 is 4.76. The van der Waals surface area contributed by atoms with E-state index in [0.29, 0.717) is 43.5 Å². The van der Waals surface area contributed by atoms with Crippen LogP contribution >= 0.6 is 0 Å². The highest BCUT2D eigenvalue weighted by Gasteiger charge is 2.30. The molecule has 1 fully saturated rings. The van der Waals surface area contributed by atoms with Crippen molar-refractivity contribution in [1.82, 2.24) is 10.3 Å². The number of nitrogens with one attached hydrogen (secondary N) is 2. The highest BCUT2D eigenvalue weighted by atomic mass is 16.5. The first-order valence-electron chi connectivity index (χ1n) is 9.73. The van der Waals surface area contributed by atoms with Crippen molar-refractivity contribution < 1.29 is 19.1 Å². The molecule has 2 N–H and O–H groups in total. The highest BCUT2D eigenvalue weighted by Crippen LogP contribution is 2.30. The van der Waals surface area contributed by atoms with Crippen LogP contribution in [0.2, 0.25) is 0 Å². The summed E-state index contributed by atoms with van der Waals surface area (Å²) >= 11 is 0. The van der Waals surface area contributed by atoms with E-state index in [2.05, 4.69) is 15.6 Å². The zero-order valence-electron chi connectivity index (χ0n) is 16.4. The Bertz CT molecular complexity index is 861. The van der Waals surface area contributed by atoms with E-state index in [4.69, 9.17) is 4.74 Å². The molecule has 0 unspecified atom stereocenters. The van der Waals surface area contributed by atoms with Crippen molar-refractivity contribution in [1.29, 1.82) is 0 Å². The normalized spacial score (nSPS) is 18.5. The number of esters is 1. The molecule has 2 amide bonds. The molecule has 0 saturated heterocycles. The Labute approximate surface area is 169 Å². The Morgan fingerprint density at radius 3 is 2.34 bits per heavy atom. The van der Waals surface area contributed by atoms with Crippen molar-refractivity contribution in [3.05, 3.63) is 59.9 Å². The predicted octanol–water partition coefficient (Wildman–Crippen LogP) is 2.93. The van der Waals surface area contributed by atoms with Gasteiger partial charge in [0.25, 0.3) is 0 Å². The van der Waals surface area contributed by atoms with Gasteiger partial charge in [-0.2, -0.15) is 0 Å². The molecule has 0 radical (unpaired) electrons. The molecule has 0 spiro atoms. The van der Waals surface area contributed by atoms with E-state index in [1.807, 2.05) is 12.1 Å². The maximum atomic E-state index is 12.6. The Morgan fingerprint density at radius 2 is 1.69 bits per heavy atom. The maximum Gasteiger partial charge on any atom is 0.339 e. The van der Waals surface area contributed by atoms with Gasteiger partial charge in [-0.25, -0.2) is 4.79 Å². The Hall–Kier alpha value is -3.22. The van der Waals surface area contributed by atoms with Gasteiger partial charge in [0.15, 0.2) is 0 Å². The van der Waals surface area contributed by atoms with Gasteiger partial charge < -0.3 is 15.4 Å². The molecule has 0 aliphatic heterocycles. The molecule has 7 nitrogen and oxygen atoms in total. The number of aromatic nitrogens is 1. The summed E-state index contributed by atoms with van der Waals surface area (Å²) in [7, 11) is 1.31. The summed E-state index contributed by atoms with van der Waals surface area (Å²) in [6.45, 7) is 0.456. The molecule has 3 rings (SSSR count). The molecule has 1 aliphatic rings. The van der Waals surface area contributed by atoms with E-state index in [9.17, 15) is 14.4 Å². The first-order valence-corrected chi connectivity index (χ1v) is 9.73. The molecular formula is C22H25N3O4. The van der Waals surface area contributed by atoms with Gasteiger partial charge in [-0.05, 0) is 49.4 Å². The van der Waals surface area contributed by atoms with Gasteiger partial charge in [-0.1, -0.05) is 18.2 Å². The number of anilines is 1. The third kappa shape index (κ3) is 5.40. The maximum absolute atomic E-state index is 12.6. The van der Waals surface area contributed by atoms with Crippen LogP contribution in [0.5, 0.6) is 0 Å². The Kier molecular flexibility index (Phi) is 6.94. The van der Waals surface area contributed by atoms with Crippen LogP contribution in [0.4, 0.5) is 5.69 Å². The average molecular weight is 395 g/mol. The van der Waals surface area contributed by atoms with Gasteiger partial charge in [0, 0.05) is 30.8 Å². The van der Waals surface area contributed by atoms with Gasteiger partial charge in [0.05, 0.1) is 18.4 Å². The third-order valence-corrected chi connectivity index (χ3v) is 5.25. The summed E-state index contributed by atoms with van der Waals surface area (Å²) in [5.41, 5.74) is 1.73. The molecule has 0 bridgehead atoms. The Balaban J connectivity index is 1.50. The summed E-state index contributed by atoms with van der Waals surface area (Å²) in [6, 6.07) is 10.5. The molecule has 152 valence electrons. The number of pyridine rings is 1. The number of carbonyl (C=O) groups excluding carboxylic acids is 3. The van der Waals surface area contributed by atoms with Crippen molar-refractivity contribution in [2.24, 2.45) is 11.8 Å². The molecule has 0 atom stereocenters. The number of para-hydroxylation sites is 1. The minimum absolute atomic E-state index is 0.0174. The quantitative estimate of drug-likeness (QED) is 0.733. The van der Waals surface area contributed by atoms with Crippen LogP contribution in [0.3, 0.4) is 0 Å². The number of methoxy groups -OCH3 is 1. The van der Waals surface area contributed by atoms with E-state index in [1.165, 1.54) is 7.11 Å². The second-order valence-corrected chi connectivity index (χ2v) is 7.15. The largest absolute Gasteiger partial charge is 0.465 e. The van der Waals surface area contributed by atoms with Gasteiger partial charge in [0.2, 0.25) is 11.8 Å². The molecule has 1 aliphatic carbocycles. The lowest BCUT2D eigenvalue weighted by atomic mass is 9.81. The average Bonchev–Trinajstić information content (AvgIpc) is 2.78. The van der Waals surface area contributed by atoms with E-state index >= 15 is 0 Å². The number of hydrogen-bond donors (Lipinski definition) is 2. The van der Waals surface area contributed by atoms with Crippen LogP contribution in [0.15, 0.2) is 48.8 Å². The first-order chi connectivity index (χ1) is 14.1. The summed E-state index contributed by atoms with van der Waals surface area (Å²) in [6.07, 6.45) is 6.02. The third-order valence-electron chi connectivity index (χ3n) is 5.25. The van der Waals surface area contributed by atoms with Crippen molar-refractivity contribution >= 4 is 23.5 Å². The van der Waals surface area contributed by atoms with E-state index in [0.717, 1.165) is 5.56 Å². The number of benzene rings is 1. The Morgan fingerprint density at radius 1 is 1.00 bits per heavy atom. The number of hydrogen-bond acceptors (Lipinski definition) is 5. The first kappa shape index (κ1) is 20.5. The van der Waals surface area contributed by atoms with Crippen molar-refractivity contribution in [3.8, 4) is 0 Å². The fourth-order valence-electron chi connectivity index (χ4n) is 3.57. The van der Waals surface area contributed by atoms with Crippen molar-refractivity contribution in [3.63, 3.8) is 0 Å². The van der Waals surface area contributed by atoms with Crippen LogP contribution in [-0.2, 0) is 20.9 Å². The van der Waals surface area contributed by atoms with Crippen LogP contribution in [0, 0.1) is 11.8 Å². The number of ether oxygens (including phenoxy) is 1. The van der Waals surface area contributed by atoms with Crippen LogP contribution in [0.1, 0.15) is 41.6 Å². The minimum atomic E-state index is -0.491. The van der Waals surface area contributed by atoms with E-state index < -0.39 is 5.97 Å². The van der Waals surface area contributed by atoms with Crippen molar-refractivity contribution in [2.45, 2.75) is 32.2 Å². The lowest BCUT2D eigenvalue weighted by Crippen LogP contribution is -2.35. The minimum Gasteiger partial charge on any atom is -0.465 e. The summed E-state index contributed by atoms with van der Waals surface area (Å²) in [4.78, 5) is 40.9. The molecular weight excluding hydrogens is 370 g/mol. The SMILES string of the molecule is COC(=O)c1ccccc1NC(=O)C1CCC(C(=O)NCc2cccnc2)CC1. The highest BCUT2D eigenvalue weighted by molar-refractivity contribution is 6.01. The smallest absolute Gasteiger partial charge is 0.339 e. The topological polar surface area (TPSA) is 97.4 Å². The number of rotatable bonds is 6.